The van der Waals surface area contributed by atoms with E-state index in [-0.39, 0.29) is 6.04 Å². The first-order valence-electron chi connectivity index (χ1n) is 6.94. The summed E-state index contributed by atoms with van der Waals surface area (Å²) in [6.07, 6.45) is 0.372. The second-order valence-corrected chi connectivity index (χ2v) is 5.55. The van der Waals surface area contributed by atoms with E-state index in [1.807, 2.05) is 32.0 Å². The van der Waals surface area contributed by atoms with Crippen molar-refractivity contribution in [3.8, 4) is 0 Å². The maximum absolute atomic E-state index is 13.8. The zero-order valence-electron chi connectivity index (χ0n) is 12.1. The molecule has 0 radical (unpaired) electrons. The number of rotatable bonds is 5. The van der Waals surface area contributed by atoms with Crippen molar-refractivity contribution < 1.29 is 8.78 Å². The Morgan fingerprint density at radius 3 is 2.57 bits per heavy atom. The Kier molecular flexibility index (Phi) is 5.32. The van der Waals surface area contributed by atoms with E-state index in [1.54, 1.807) is 0 Å². The number of nitrogens with one attached hydrogen (secondary N) is 1. The molecule has 0 aliphatic carbocycles. The van der Waals surface area contributed by atoms with E-state index in [2.05, 4.69) is 5.32 Å². The molecule has 0 amide bonds. The molecule has 2 rings (SSSR count). The summed E-state index contributed by atoms with van der Waals surface area (Å²) in [4.78, 5) is 0. The summed E-state index contributed by atoms with van der Waals surface area (Å²) in [7, 11) is 0. The van der Waals surface area contributed by atoms with Crippen molar-refractivity contribution in [2.24, 2.45) is 0 Å². The highest BCUT2D eigenvalue weighted by Gasteiger charge is 2.15. The zero-order valence-corrected chi connectivity index (χ0v) is 12.8. The van der Waals surface area contributed by atoms with Crippen LogP contribution in [0.5, 0.6) is 0 Å². The van der Waals surface area contributed by atoms with Gasteiger partial charge in [-0.15, -0.1) is 0 Å². The molecule has 0 aliphatic heterocycles. The van der Waals surface area contributed by atoms with Crippen LogP contribution in [0.25, 0.3) is 0 Å². The molecule has 2 aromatic rings. The molecule has 1 unspecified atom stereocenters. The molecule has 112 valence electrons. The number of aryl methyl sites for hydroxylation is 1. The van der Waals surface area contributed by atoms with E-state index in [0.717, 1.165) is 29.8 Å². The van der Waals surface area contributed by atoms with Crippen molar-refractivity contribution in [3.63, 3.8) is 0 Å². The molecule has 0 aliphatic rings. The summed E-state index contributed by atoms with van der Waals surface area (Å²) in [6.45, 7) is 4.67. The fourth-order valence-electron chi connectivity index (χ4n) is 2.44. The summed E-state index contributed by atoms with van der Waals surface area (Å²) >= 11 is 6.09. The lowest BCUT2D eigenvalue weighted by molar-refractivity contribution is 0.522. The van der Waals surface area contributed by atoms with Gasteiger partial charge in [-0.25, -0.2) is 8.78 Å². The van der Waals surface area contributed by atoms with Crippen LogP contribution in [-0.4, -0.2) is 6.54 Å². The summed E-state index contributed by atoms with van der Waals surface area (Å²) in [5, 5.41) is 3.95. The number of benzene rings is 2. The Bertz CT molecular complexity index is 608. The molecule has 2 aromatic carbocycles. The van der Waals surface area contributed by atoms with Crippen LogP contribution in [0.4, 0.5) is 8.78 Å². The Labute approximate surface area is 128 Å². The first kappa shape index (κ1) is 15.9. The first-order valence-corrected chi connectivity index (χ1v) is 7.31. The van der Waals surface area contributed by atoms with Crippen LogP contribution in [0.2, 0.25) is 5.02 Å². The summed E-state index contributed by atoms with van der Waals surface area (Å²) in [5.41, 5.74) is 2.38. The van der Waals surface area contributed by atoms with Gasteiger partial charge in [-0.3, -0.25) is 0 Å². The van der Waals surface area contributed by atoms with Gasteiger partial charge in [0.15, 0.2) is 0 Å². The van der Waals surface area contributed by atoms with Gasteiger partial charge in [0.25, 0.3) is 0 Å². The fraction of sp³-hybridized carbons (Fsp3) is 0.294. The predicted octanol–water partition coefficient (Wildman–Crippen LogP) is 4.82. The average Bonchev–Trinajstić information content (AvgIpc) is 2.41. The van der Waals surface area contributed by atoms with Gasteiger partial charge in [-0.1, -0.05) is 24.6 Å². The van der Waals surface area contributed by atoms with Gasteiger partial charge in [0.2, 0.25) is 0 Å². The van der Waals surface area contributed by atoms with Gasteiger partial charge in [0.1, 0.15) is 11.6 Å². The third-order valence-corrected chi connectivity index (χ3v) is 3.57. The smallest absolute Gasteiger partial charge is 0.126 e. The van der Waals surface area contributed by atoms with Crippen molar-refractivity contribution in [1.29, 1.82) is 0 Å². The molecule has 0 bridgehead atoms. The predicted molar refractivity (Wildman–Crippen MR) is 82.7 cm³/mol. The SMILES string of the molecule is CCNC(Cc1cc(F)ccc1F)c1cc(C)cc(Cl)c1. The lowest BCUT2D eigenvalue weighted by atomic mass is 9.97. The van der Waals surface area contributed by atoms with Crippen molar-refractivity contribution in [1.82, 2.24) is 5.32 Å². The fourth-order valence-corrected chi connectivity index (χ4v) is 2.74. The van der Waals surface area contributed by atoms with E-state index in [4.69, 9.17) is 11.6 Å². The van der Waals surface area contributed by atoms with E-state index in [1.165, 1.54) is 6.07 Å². The molecule has 0 spiro atoms. The maximum atomic E-state index is 13.8. The number of likely N-dealkylation sites (N-methyl/N-ethyl adjacent to an activating group) is 1. The average molecular weight is 310 g/mol. The van der Waals surface area contributed by atoms with Crippen LogP contribution in [0.3, 0.4) is 0 Å². The summed E-state index contributed by atoms with van der Waals surface area (Å²) in [5.74, 6) is -0.818. The molecule has 1 N–H and O–H groups in total. The van der Waals surface area contributed by atoms with Crippen molar-refractivity contribution in [2.45, 2.75) is 26.3 Å². The molecule has 1 atom stereocenters. The molecule has 0 fully saturated rings. The monoisotopic (exact) mass is 309 g/mol. The van der Waals surface area contributed by atoms with E-state index in [9.17, 15) is 8.78 Å². The molecular weight excluding hydrogens is 292 g/mol. The van der Waals surface area contributed by atoms with E-state index in [0.29, 0.717) is 17.0 Å². The lowest BCUT2D eigenvalue weighted by Gasteiger charge is -2.20. The summed E-state index contributed by atoms with van der Waals surface area (Å²) < 4.78 is 27.1. The molecule has 1 nitrogen and oxygen atoms in total. The normalized spacial score (nSPS) is 12.4. The highest BCUT2D eigenvalue weighted by atomic mass is 35.5. The minimum absolute atomic E-state index is 0.108. The third-order valence-electron chi connectivity index (χ3n) is 3.35. The highest BCUT2D eigenvalue weighted by Crippen LogP contribution is 2.24. The third kappa shape index (κ3) is 4.26. The zero-order chi connectivity index (χ0) is 15.4. The molecule has 0 saturated carbocycles. The first-order chi connectivity index (χ1) is 9.99. The van der Waals surface area contributed by atoms with Gasteiger partial charge in [0, 0.05) is 11.1 Å². The van der Waals surface area contributed by atoms with Crippen molar-refractivity contribution in [2.75, 3.05) is 6.54 Å². The van der Waals surface area contributed by atoms with Crippen LogP contribution in [0, 0.1) is 18.6 Å². The van der Waals surface area contributed by atoms with Gasteiger partial charge < -0.3 is 5.32 Å². The molecule has 0 aromatic heterocycles. The van der Waals surface area contributed by atoms with Gasteiger partial charge >= 0.3 is 0 Å². The van der Waals surface area contributed by atoms with Crippen LogP contribution in [0.15, 0.2) is 36.4 Å². The molecule has 0 saturated heterocycles. The standard InChI is InChI=1S/C17H18ClF2N/c1-3-21-17(13-6-11(2)7-14(18)8-13)10-12-9-15(19)4-5-16(12)20/h4-9,17,21H,3,10H2,1-2H3. The number of halogens is 3. The van der Waals surface area contributed by atoms with Gasteiger partial charge in [0.05, 0.1) is 0 Å². The Morgan fingerprint density at radius 2 is 1.90 bits per heavy atom. The van der Waals surface area contributed by atoms with Crippen molar-refractivity contribution in [3.05, 3.63) is 69.7 Å². The maximum Gasteiger partial charge on any atom is 0.126 e. The number of hydrogen-bond acceptors (Lipinski definition) is 1. The van der Waals surface area contributed by atoms with Crippen LogP contribution < -0.4 is 5.32 Å². The van der Waals surface area contributed by atoms with E-state index >= 15 is 0 Å². The minimum Gasteiger partial charge on any atom is -0.310 e. The van der Waals surface area contributed by atoms with Crippen molar-refractivity contribution >= 4 is 11.6 Å². The second kappa shape index (κ2) is 7.01. The quantitative estimate of drug-likeness (QED) is 0.835. The largest absolute Gasteiger partial charge is 0.310 e. The molecule has 4 heteroatoms. The Morgan fingerprint density at radius 1 is 1.14 bits per heavy atom. The van der Waals surface area contributed by atoms with Gasteiger partial charge in [-0.2, -0.15) is 0 Å². The lowest BCUT2D eigenvalue weighted by Crippen LogP contribution is -2.23. The summed E-state index contributed by atoms with van der Waals surface area (Å²) in [6, 6.07) is 9.17. The Hall–Kier alpha value is -1.45. The highest BCUT2D eigenvalue weighted by molar-refractivity contribution is 6.30. The second-order valence-electron chi connectivity index (χ2n) is 5.11. The topological polar surface area (TPSA) is 12.0 Å². The molecular formula is C17H18ClF2N. The van der Waals surface area contributed by atoms with Gasteiger partial charge in [-0.05, 0) is 66.9 Å². The molecule has 21 heavy (non-hydrogen) atoms. The van der Waals surface area contributed by atoms with E-state index < -0.39 is 11.6 Å². The number of hydrogen-bond donors (Lipinski definition) is 1. The van der Waals surface area contributed by atoms with Crippen LogP contribution >= 0.6 is 11.6 Å². The van der Waals surface area contributed by atoms with Crippen LogP contribution in [-0.2, 0) is 6.42 Å². The Balaban J connectivity index is 2.32. The minimum atomic E-state index is -0.427. The molecule has 0 heterocycles. The van der Waals surface area contributed by atoms with Crippen LogP contribution in [0.1, 0.15) is 29.7 Å².